The molecule has 0 aromatic heterocycles. The Labute approximate surface area is 85.0 Å². The minimum atomic E-state index is 0.759. The van der Waals surface area contributed by atoms with Crippen LogP contribution in [-0.2, 0) is 4.74 Å². The van der Waals surface area contributed by atoms with E-state index in [4.69, 9.17) is 4.74 Å². The summed E-state index contributed by atoms with van der Waals surface area (Å²) in [6.45, 7) is 8.51. The second kappa shape index (κ2) is 8.06. The van der Waals surface area contributed by atoms with E-state index in [1.165, 1.54) is 6.42 Å². The van der Waals surface area contributed by atoms with Gasteiger partial charge in [-0.1, -0.05) is 36.7 Å². The van der Waals surface area contributed by atoms with Crippen LogP contribution in [0.15, 0.2) is 0 Å². The van der Waals surface area contributed by atoms with Gasteiger partial charge in [0.25, 0.3) is 0 Å². The molecule has 0 aromatic carbocycles. The summed E-state index contributed by atoms with van der Waals surface area (Å²) in [5, 5.41) is 1.10. The first-order valence-corrected chi connectivity index (χ1v) is 5.98. The molecule has 0 heterocycles. The van der Waals surface area contributed by atoms with E-state index in [0.717, 1.165) is 36.8 Å². The van der Waals surface area contributed by atoms with Crippen molar-refractivity contribution in [2.45, 2.75) is 33.6 Å². The first kappa shape index (κ1) is 12.4. The van der Waals surface area contributed by atoms with Crippen molar-refractivity contribution in [3.8, 4) is 0 Å². The van der Waals surface area contributed by atoms with Crippen LogP contribution in [0.4, 0.5) is 0 Å². The van der Waals surface area contributed by atoms with Gasteiger partial charge in [-0.25, -0.2) is 0 Å². The van der Waals surface area contributed by atoms with Crippen LogP contribution in [0.2, 0.25) is 0 Å². The van der Waals surface area contributed by atoms with Gasteiger partial charge >= 0.3 is 0 Å². The molecule has 0 saturated carbocycles. The highest BCUT2D eigenvalue weighted by atomic mass is 79.9. The van der Waals surface area contributed by atoms with Gasteiger partial charge < -0.3 is 4.74 Å². The molecule has 0 aliphatic carbocycles. The summed E-state index contributed by atoms with van der Waals surface area (Å²) >= 11 is 3.53. The number of rotatable bonds is 7. The summed E-state index contributed by atoms with van der Waals surface area (Å²) in [6, 6.07) is 0. The molecule has 74 valence electrons. The van der Waals surface area contributed by atoms with Crippen LogP contribution in [0.1, 0.15) is 33.6 Å². The molecule has 0 spiro atoms. The SMILES string of the molecule is CCCOCCC(CBr)C(C)C. The molecular weight excluding hydrogens is 216 g/mol. The third kappa shape index (κ3) is 6.01. The third-order valence-electron chi connectivity index (χ3n) is 2.12. The Morgan fingerprint density at radius 3 is 2.33 bits per heavy atom. The Morgan fingerprint density at radius 1 is 1.25 bits per heavy atom. The average Bonchev–Trinajstić information content (AvgIpc) is 2.04. The lowest BCUT2D eigenvalue weighted by Gasteiger charge is -2.17. The normalized spacial score (nSPS) is 13.8. The van der Waals surface area contributed by atoms with E-state index in [0.29, 0.717) is 0 Å². The van der Waals surface area contributed by atoms with Crippen molar-refractivity contribution in [1.82, 2.24) is 0 Å². The maximum absolute atomic E-state index is 5.44. The molecule has 0 saturated heterocycles. The second-order valence-electron chi connectivity index (χ2n) is 3.56. The maximum Gasteiger partial charge on any atom is 0.0469 e. The van der Waals surface area contributed by atoms with Crippen LogP contribution in [0, 0.1) is 11.8 Å². The molecule has 1 nitrogen and oxygen atoms in total. The van der Waals surface area contributed by atoms with Crippen LogP contribution in [0.25, 0.3) is 0 Å². The van der Waals surface area contributed by atoms with Gasteiger partial charge in [-0.15, -0.1) is 0 Å². The quantitative estimate of drug-likeness (QED) is 0.486. The van der Waals surface area contributed by atoms with Crippen molar-refractivity contribution >= 4 is 15.9 Å². The average molecular weight is 237 g/mol. The minimum Gasteiger partial charge on any atom is -0.381 e. The summed E-state index contributed by atoms with van der Waals surface area (Å²) in [6.07, 6.45) is 2.31. The molecule has 0 rings (SSSR count). The van der Waals surface area contributed by atoms with E-state index in [2.05, 4.69) is 36.7 Å². The monoisotopic (exact) mass is 236 g/mol. The summed E-state index contributed by atoms with van der Waals surface area (Å²) in [5.41, 5.74) is 0. The van der Waals surface area contributed by atoms with E-state index in [1.807, 2.05) is 0 Å². The molecule has 1 unspecified atom stereocenters. The zero-order valence-corrected chi connectivity index (χ0v) is 10.1. The van der Waals surface area contributed by atoms with Crippen LogP contribution in [0.3, 0.4) is 0 Å². The predicted molar refractivity (Wildman–Crippen MR) is 57.8 cm³/mol. The molecule has 0 fully saturated rings. The van der Waals surface area contributed by atoms with Crippen LogP contribution in [0.5, 0.6) is 0 Å². The van der Waals surface area contributed by atoms with E-state index in [9.17, 15) is 0 Å². The number of halogens is 1. The van der Waals surface area contributed by atoms with Gasteiger partial charge in [0.15, 0.2) is 0 Å². The molecular formula is C10H21BrO. The number of hydrogen-bond donors (Lipinski definition) is 0. The largest absolute Gasteiger partial charge is 0.381 e. The Bertz CT molecular complexity index is 93.8. The van der Waals surface area contributed by atoms with Crippen molar-refractivity contribution in [3.63, 3.8) is 0 Å². The molecule has 0 aliphatic rings. The molecule has 1 atom stereocenters. The molecule has 0 amide bonds. The van der Waals surface area contributed by atoms with Crippen molar-refractivity contribution in [2.24, 2.45) is 11.8 Å². The van der Waals surface area contributed by atoms with Crippen molar-refractivity contribution in [1.29, 1.82) is 0 Å². The number of alkyl halides is 1. The molecule has 0 radical (unpaired) electrons. The fourth-order valence-electron chi connectivity index (χ4n) is 1.07. The van der Waals surface area contributed by atoms with E-state index < -0.39 is 0 Å². The minimum absolute atomic E-state index is 0.759. The van der Waals surface area contributed by atoms with Gasteiger partial charge in [0.1, 0.15) is 0 Å². The van der Waals surface area contributed by atoms with E-state index in [-0.39, 0.29) is 0 Å². The van der Waals surface area contributed by atoms with Gasteiger partial charge in [0.05, 0.1) is 0 Å². The van der Waals surface area contributed by atoms with Gasteiger partial charge in [0, 0.05) is 18.5 Å². The summed E-state index contributed by atoms with van der Waals surface area (Å²) in [4.78, 5) is 0. The standard InChI is InChI=1S/C10H21BrO/c1-4-6-12-7-5-10(8-11)9(2)3/h9-10H,4-8H2,1-3H3. The summed E-state index contributed by atoms with van der Waals surface area (Å²) in [7, 11) is 0. The highest BCUT2D eigenvalue weighted by Crippen LogP contribution is 2.17. The van der Waals surface area contributed by atoms with Crippen molar-refractivity contribution < 1.29 is 4.74 Å². The fourth-order valence-corrected chi connectivity index (χ4v) is 2.14. The van der Waals surface area contributed by atoms with Crippen LogP contribution in [-0.4, -0.2) is 18.5 Å². The smallest absolute Gasteiger partial charge is 0.0469 e. The molecule has 0 aliphatic heterocycles. The van der Waals surface area contributed by atoms with Gasteiger partial charge in [-0.3, -0.25) is 0 Å². The highest BCUT2D eigenvalue weighted by Gasteiger charge is 2.10. The Hall–Kier alpha value is 0.440. The van der Waals surface area contributed by atoms with Crippen LogP contribution < -0.4 is 0 Å². The summed E-state index contributed by atoms with van der Waals surface area (Å²) in [5.74, 6) is 1.52. The highest BCUT2D eigenvalue weighted by molar-refractivity contribution is 9.09. The molecule has 2 heteroatoms. The fraction of sp³-hybridized carbons (Fsp3) is 1.00. The maximum atomic E-state index is 5.44. The second-order valence-corrected chi connectivity index (χ2v) is 4.21. The Morgan fingerprint density at radius 2 is 1.92 bits per heavy atom. The predicted octanol–water partition coefficient (Wildman–Crippen LogP) is 3.47. The first-order valence-electron chi connectivity index (χ1n) is 4.86. The first-order chi connectivity index (χ1) is 5.72. The number of ether oxygens (including phenoxy) is 1. The lowest BCUT2D eigenvalue weighted by Crippen LogP contribution is -2.13. The van der Waals surface area contributed by atoms with Gasteiger partial charge in [-0.05, 0) is 24.7 Å². The molecule has 0 bridgehead atoms. The Balaban J connectivity index is 3.32. The topological polar surface area (TPSA) is 9.23 Å². The van der Waals surface area contributed by atoms with E-state index >= 15 is 0 Å². The zero-order valence-electron chi connectivity index (χ0n) is 8.48. The molecule has 0 N–H and O–H groups in total. The van der Waals surface area contributed by atoms with Gasteiger partial charge in [-0.2, -0.15) is 0 Å². The number of hydrogen-bond acceptors (Lipinski definition) is 1. The zero-order chi connectivity index (χ0) is 9.40. The lowest BCUT2D eigenvalue weighted by molar-refractivity contribution is 0.117. The van der Waals surface area contributed by atoms with E-state index in [1.54, 1.807) is 0 Å². The van der Waals surface area contributed by atoms with Crippen molar-refractivity contribution in [2.75, 3.05) is 18.5 Å². The third-order valence-corrected chi connectivity index (χ3v) is 2.95. The molecule has 0 aromatic rings. The summed E-state index contributed by atoms with van der Waals surface area (Å²) < 4.78 is 5.44. The molecule has 12 heavy (non-hydrogen) atoms. The lowest BCUT2D eigenvalue weighted by atomic mass is 9.95. The van der Waals surface area contributed by atoms with Crippen LogP contribution >= 0.6 is 15.9 Å². The Kier molecular flexibility index (Phi) is 8.35. The van der Waals surface area contributed by atoms with Crippen molar-refractivity contribution in [3.05, 3.63) is 0 Å². The van der Waals surface area contributed by atoms with Gasteiger partial charge in [0.2, 0.25) is 0 Å².